The van der Waals surface area contributed by atoms with Crippen LogP contribution in [0.3, 0.4) is 0 Å². The highest BCUT2D eigenvalue weighted by Crippen LogP contribution is 2.17. The molecular weight excluding hydrogens is 188 g/mol. The highest BCUT2D eigenvalue weighted by Gasteiger charge is 2.04. The van der Waals surface area contributed by atoms with Crippen LogP contribution in [0.2, 0.25) is 5.02 Å². The summed E-state index contributed by atoms with van der Waals surface area (Å²) in [5.74, 6) is -0.0113. The number of esters is 1. The maximum Gasteiger partial charge on any atom is 0.338 e. The highest BCUT2D eigenvalue weighted by atomic mass is 35.5. The summed E-state index contributed by atoms with van der Waals surface area (Å²) in [4.78, 5) is 11.1. The van der Waals surface area contributed by atoms with Gasteiger partial charge in [0.1, 0.15) is 5.75 Å². The zero-order valence-corrected chi connectivity index (χ0v) is 7.97. The first-order chi connectivity index (χ1) is 6.09. The summed E-state index contributed by atoms with van der Waals surface area (Å²) in [6.45, 7) is 5.06. The molecule has 0 bridgehead atoms. The van der Waals surface area contributed by atoms with Crippen molar-refractivity contribution in [1.29, 1.82) is 0 Å². The molecule has 13 heavy (non-hydrogen) atoms. The fourth-order valence-corrected chi connectivity index (χ4v) is 0.905. The van der Waals surface area contributed by atoms with E-state index < -0.39 is 5.97 Å². The second-order valence-corrected chi connectivity index (χ2v) is 3.06. The fraction of sp³-hybridized carbons (Fsp3) is 0.100. The fourth-order valence-electron chi connectivity index (χ4n) is 0.725. The van der Waals surface area contributed by atoms with Gasteiger partial charge in [0.15, 0.2) is 0 Å². The lowest BCUT2D eigenvalue weighted by Gasteiger charge is -2.02. The van der Waals surface area contributed by atoms with Gasteiger partial charge in [-0.05, 0) is 25.1 Å². The van der Waals surface area contributed by atoms with Gasteiger partial charge < -0.3 is 4.74 Å². The molecule has 0 aliphatic carbocycles. The van der Waals surface area contributed by atoms with Crippen molar-refractivity contribution in [1.82, 2.24) is 0 Å². The summed E-state index contributed by atoms with van der Waals surface area (Å²) in [6.07, 6.45) is 0. The normalized spacial score (nSPS) is 9.38. The average Bonchev–Trinajstić information content (AvgIpc) is 2.04. The number of benzene rings is 1. The smallest absolute Gasteiger partial charge is 0.338 e. The second kappa shape index (κ2) is 4.10. The van der Waals surface area contributed by atoms with Gasteiger partial charge in [-0.3, -0.25) is 0 Å². The lowest BCUT2D eigenvalue weighted by molar-refractivity contribution is -0.130. The summed E-state index contributed by atoms with van der Waals surface area (Å²) < 4.78 is 4.93. The summed E-state index contributed by atoms with van der Waals surface area (Å²) in [7, 11) is 0. The Kier molecular flexibility index (Phi) is 3.09. The van der Waals surface area contributed by atoms with Gasteiger partial charge in [0.05, 0.1) is 0 Å². The zero-order valence-electron chi connectivity index (χ0n) is 7.21. The molecule has 1 rings (SSSR count). The van der Waals surface area contributed by atoms with Crippen LogP contribution in [0.1, 0.15) is 6.92 Å². The van der Waals surface area contributed by atoms with E-state index in [9.17, 15) is 4.79 Å². The lowest BCUT2D eigenvalue weighted by atomic mass is 10.3. The Hall–Kier alpha value is -1.28. The van der Waals surface area contributed by atoms with Crippen molar-refractivity contribution in [3.05, 3.63) is 41.4 Å². The molecule has 0 spiro atoms. The van der Waals surface area contributed by atoms with Crippen molar-refractivity contribution >= 4 is 17.6 Å². The van der Waals surface area contributed by atoms with E-state index in [1.165, 1.54) is 0 Å². The molecule has 0 aliphatic heterocycles. The number of halogens is 1. The molecule has 0 saturated heterocycles. The number of hydrogen-bond donors (Lipinski definition) is 0. The summed E-state index contributed by atoms with van der Waals surface area (Å²) >= 11 is 5.69. The third kappa shape index (κ3) is 2.92. The lowest BCUT2D eigenvalue weighted by Crippen LogP contribution is -2.07. The molecule has 3 heteroatoms. The third-order valence-corrected chi connectivity index (χ3v) is 1.59. The molecular formula is C10H9ClO2. The van der Waals surface area contributed by atoms with Crippen molar-refractivity contribution < 1.29 is 9.53 Å². The van der Waals surface area contributed by atoms with Gasteiger partial charge in [-0.2, -0.15) is 0 Å². The molecule has 2 nitrogen and oxygen atoms in total. The van der Waals surface area contributed by atoms with Crippen LogP contribution in [0, 0.1) is 0 Å². The summed E-state index contributed by atoms with van der Waals surface area (Å²) in [5, 5.41) is 0.534. The molecule has 1 aromatic rings. The minimum atomic E-state index is -0.442. The van der Waals surface area contributed by atoms with Crippen molar-refractivity contribution in [2.24, 2.45) is 0 Å². The van der Waals surface area contributed by atoms with Crippen LogP contribution in [0.4, 0.5) is 0 Å². The minimum absolute atomic E-state index is 0.361. The molecule has 0 unspecified atom stereocenters. The van der Waals surface area contributed by atoms with E-state index >= 15 is 0 Å². The van der Waals surface area contributed by atoms with Gasteiger partial charge in [0.2, 0.25) is 0 Å². The van der Waals surface area contributed by atoms with Gasteiger partial charge >= 0.3 is 5.97 Å². The largest absolute Gasteiger partial charge is 0.423 e. The quantitative estimate of drug-likeness (QED) is 0.413. The van der Waals surface area contributed by atoms with Crippen molar-refractivity contribution in [2.45, 2.75) is 6.92 Å². The molecule has 0 fully saturated rings. The van der Waals surface area contributed by atoms with E-state index in [2.05, 4.69) is 6.58 Å². The van der Waals surface area contributed by atoms with Gasteiger partial charge in [0.25, 0.3) is 0 Å². The standard InChI is InChI=1S/C10H9ClO2/c1-7(2)10(12)13-9-5-3-4-8(11)6-9/h3-6H,1H2,2H3. The van der Waals surface area contributed by atoms with Crippen LogP contribution in [-0.4, -0.2) is 5.97 Å². The average molecular weight is 197 g/mol. The SMILES string of the molecule is C=C(C)C(=O)Oc1cccc(Cl)c1. The first-order valence-electron chi connectivity index (χ1n) is 3.73. The van der Waals surface area contributed by atoms with Gasteiger partial charge in [-0.25, -0.2) is 4.79 Å². The monoisotopic (exact) mass is 196 g/mol. The molecule has 0 aromatic heterocycles. The number of carbonyl (C=O) groups excluding carboxylic acids is 1. The molecule has 0 heterocycles. The second-order valence-electron chi connectivity index (χ2n) is 2.63. The van der Waals surface area contributed by atoms with Crippen LogP contribution < -0.4 is 4.74 Å². The number of hydrogen-bond acceptors (Lipinski definition) is 2. The highest BCUT2D eigenvalue weighted by molar-refractivity contribution is 6.30. The molecule has 0 atom stereocenters. The predicted octanol–water partition coefficient (Wildman–Crippen LogP) is 2.82. The number of carbonyl (C=O) groups is 1. The molecule has 0 aliphatic rings. The van der Waals surface area contributed by atoms with E-state index in [-0.39, 0.29) is 0 Å². The Labute approximate surface area is 81.8 Å². The third-order valence-electron chi connectivity index (χ3n) is 1.36. The van der Waals surface area contributed by atoms with E-state index in [1.54, 1.807) is 31.2 Å². The van der Waals surface area contributed by atoms with Crippen LogP contribution in [0.15, 0.2) is 36.4 Å². The first kappa shape index (κ1) is 9.81. The van der Waals surface area contributed by atoms with Crippen LogP contribution in [0.25, 0.3) is 0 Å². The Morgan fingerprint density at radius 2 is 2.23 bits per heavy atom. The van der Waals surface area contributed by atoms with Crippen LogP contribution >= 0.6 is 11.6 Å². The molecule has 1 aromatic carbocycles. The molecule has 0 amide bonds. The number of ether oxygens (including phenoxy) is 1. The molecule has 0 radical (unpaired) electrons. The predicted molar refractivity (Wildman–Crippen MR) is 51.9 cm³/mol. The van der Waals surface area contributed by atoms with E-state index in [1.807, 2.05) is 0 Å². The Morgan fingerprint density at radius 3 is 2.77 bits per heavy atom. The summed E-state index contributed by atoms with van der Waals surface area (Å²) in [5.41, 5.74) is 0.361. The van der Waals surface area contributed by atoms with E-state index in [0.29, 0.717) is 16.3 Å². The minimum Gasteiger partial charge on any atom is -0.423 e. The van der Waals surface area contributed by atoms with E-state index in [4.69, 9.17) is 16.3 Å². The van der Waals surface area contributed by atoms with Gasteiger partial charge in [-0.15, -0.1) is 0 Å². The zero-order chi connectivity index (χ0) is 9.84. The molecule has 0 N–H and O–H groups in total. The maximum atomic E-state index is 11.1. The molecule has 0 saturated carbocycles. The Morgan fingerprint density at radius 1 is 1.54 bits per heavy atom. The first-order valence-corrected chi connectivity index (χ1v) is 4.10. The van der Waals surface area contributed by atoms with Crippen LogP contribution in [0.5, 0.6) is 5.75 Å². The van der Waals surface area contributed by atoms with Crippen LogP contribution in [-0.2, 0) is 4.79 Å². The Bertz CT molecular complexity index is 345. The van der Waals surface area contributed by atoms with Crippen molar-refractivity contribution in [2.75, 3.05) is 0 Å². The van der Waals surface area contributed by atoms with Crippen molar-refractivity contribution in [3.63, 3.8) is 0 Å². The topological polar surface area (TPSA) is 26.3 Å². The summed E-state index contributed by atoms with van der Waals surface area (Å²) in [6, 6.07) is 6.65. The maximum absolute atomic E-state index is 11.1. The van der Waals surface area contributed by atoms with Crippen molar-refractivity contribution in [3.8, 4) is 5.75 Å². The van der Waals surface area contributed by atoms with Gasteiger partial charge in [0, 0.05) is 10.6 Å². The van der Waals surface area contributed by atoms with Gasteiger partial charge in [-0.1, -0.05) is 24.2 Å². The Balaban J connectivity index is 2.75. The van der Waals surface area contributed by atoms with E-state index in [0.717, 1.165) is 0 Å². The molecule has 68 valence electrons. The number of rotatable bonds is 2.